The number of aryl methyl sites for hydroxylation is 1. The average molecular weight is 352 g/mol. The minimum atomic E-state index is -0.186. The molecule has 3 rings (SSSR count). The Hall–Kier alpha value is -2.26. The van der Waals surface area contributed by atoms with Crippen LogP contribution < -0.4 is 4.74 Å². The fourth-order valence-corrected chi connectivity index (χ4v) is 3.43. The van der Waals surface area contributed by atoms with Crippen LogP contribution >= 0.6 is 0 Å². The SMILES string of the molecule is CCCC(C)(C)Oc1ccc2cc(-c3ccccc3CCCO)oc2c1. The van der Waals surface area contributed by atoms with Gasteiger partial charge in [-0.3, -0.25) is 0 Å². The molecule has 0 amide bonds. The number of hydrogen-bond donors (Lipinski definition) is 1. The molecule has 0 atom stereocenters. The third kappa shape index (κ3) is 4.28. The van der Waals surface area contributed by atoms with Crippen LogP contribution in [0.2, 0.25) is 0 Å². The molecule has 1 aromatic heterocycles. The van der Waals surface area contributed by atoms with E-state index in [1.165, 1.54) is 5.56 Å². The molecule has 0 saturated carbocycles. The zero-order valence-electron chi connectivity index (χ0n) is 15.9. The Morgan fingerprint density at radius 1 is 1.08 bits per heavy atom. The van der Waals surface area contributed by atoms with Crippen molar-refractivity contribution in [1.82, 2.24) is 0 Å². The zero-order chi connectivity index (χ0) is 18.6. The van der Waals surface area contributed by atoms with E-state index in [0.29, 0.717) is 0 Å². The Balaban J connectivity index is 1.91. The van der Waals surface area contributed by atoms with Crippen LogP contribution in [0.25, 0.3) is 22.3 Å². The number of furan rings is 1. The number of fused-ring (bicyclic) bond motifs is 1. The average Bonchev–Trinajstić information content (AvgIpc) is 3.02. The maximum Gasteiger partial charge on any atom is 0.138 e. The van der Waals surface area contributed by atoms with Gasteiger partial charge in [0.15, 0.2) is 0 Å². The van der Waals surface area contributed by atoms with E-state index in [2.05, 4.69) is 45.0 Å². The highest BCUT2D eigenvalue weighted by atomic mass is 16.5. The summed E-state index contributed by atoms with van der Waals surface area (Å²) in [5.74, 6) is 1.70. The molecule has 0 unspecified atom stereocenters. The molecule has 3 aromatic rings. The molecule has 138 valence electrons. The molecule has 0 spiro atoms. The molecule has 3 heteroatoms. The van der Waals surface area contributed by atoms with Gasteiger partial charge in [-0.1, -0.05) is 37.6 Å². The van der Waals surface area contributed by atoms with Crippen molar-refractivity contribution in [3.63, 3.8) is 0 Å². The van der Waals surface area contributed by atoms with E-state index < -0.39 is 0 Å². The molecular weight excluding hydrogens is 324 g/mol. The van der Waals surface area contributed by atoms with Crippen LogP contribution in [0.5, 0.6) is 5.75 Å². The van der Waals surface area contributed by atoms with Crippen molar-refractivity contribution < 1.29 is 14.3 Å². The van der Waals surface area contributed by atoms with Gasteiger partial charge in [-0.25, -0.2) is 0 Å². The monoisotopic (exact) mass is 352 g/mol. The molecule has 0 aliphatic rings. The maximum atomic E-state index is 9.13. The first kappa shape index (κ1) is 18.5. The summed E-state index contributed by atoms with van der Waals surface area (Å²) in [7, 11) is 0. The minimum absolute atomic E-state index is 0.186. The highest BCUT2D eigenvalue weighted by Crippen LogP contribution is 2.33. The van der Waals surface area contributed by atoms with Crippen molar-refractivity contribution in [2.45, 2.75) is 52.1 Å². The summed E-state index contributed by atoms with van der Waals surface area (Å²) in [4.78, 5) is 0. The van der Waals surface area contributed by atoms with E-state index in [0.717, 1.165) is 53.7 Å². The first-order chi connectivity index (χ1) is 12.5. The summed E-state index contributed by atoms with van der Waals surface area (Å²) < 4.78 is 12.3. The molecular formula is C23H28O3. The van der Waals surface area contributed by atoms with E-state index in [1.807, 2.05) is 24.3 Å². The zero-order valence-corrected chi connectivity index (χ0v) is 15.9. The van der Waals surface area contributed by atoms with Gasteiger partial charge >= 0.3 is 0 Å². The van der Waals surface area contributed by atoms with Crippen LogP contribution in [-0.2, 0) is 6.42 Å². The van der Waals surface area contributed by atoms with Crippen LogP contribution in [0.3, 0.4) is 0 Å². The van der Waals surface area contributed by atoms with Gasteiger partial charge in [0.1, 0.15) is 22.7 Å². The lowest BCUT2D eigenvalue weighted by atomic mass is 10.0. The third-order valence-electron chi connectivity index (χ3n) is 4.62. The second kappa shape index (κ2) is 7.96. The largest absolute Gasteiger partial charge is 0.488 e. The molecule has 1 heterocycles. The highest BCUT2D eigenvalue weighted by Gasteiger charge is 2.19. The van der Waals surface area contributed by atoms with Crippen LogP contribution in [-0.4, -0.2) is 17.3 Å². The molecule has 0 bridgehead atoms. The normalized spacial score (nSPS) is 11.8. The predicted molar refractivity (Wildman–Crippen MR) is 107 cm³/mol. The fourth-order valence-electron chi connectivity index (χ4n) is 3.43. The Kier molecular flexibility index (Phi) is 5.67. The Morgan fingerprint density at radius 3 is 2.65 bits per heavy atom. The Morgan fingerprint density at radius 2 is 1.88 bits per heavy atom. The summed E-state index contributed by atoms with van der Waals surface area (Å²) in [5.41, 5.74) is 2.93. The van der Waals surface area contributed by atoms with Crippen molar-refractivity contribution in [1.29, 1.82) is 0 Å². The van der Waals surface area contributed by atoms with Crippen LogP contribution in [0.4, 0.5) is 0 Å². The van der Waals surface area contributed by atoms with Crippen molar-refractivity contribution in [2.24, 2.45) is 0 Å². The standard InChI is InChI=1S/C23H28O3/c1-4-13-23(2,3)26-19-12-11-18-15-22(25-21(18)16-19)20-10-6-5-8-17(20)9-7-14-24/h5-6,8,10-12,15-16,24H,4,7,9,13-14H2,1-3H3. The highest BCUT2D eigenvalue weighted by molar-refractivity contribution is 5.84. The van der Waals surface area contributed by atoms with Gasteiger partial charge in [0.05, 0.1) is 0 Å². The van der Waals surface area contributed by atoms with E-state index in [9.17, 15) is 0 Å². The van der Waals surface area contributed by atoms with Gasteiger partial charge < -0.3 is 14.3 Å². The predicted octanol–water partition coefficient (Wildman–Crippen LogP) is 5.98. The van der Waals surface area contributed by atoms with Crippen molar-refractivity contribution >= 4 is 11.0 Å². The summed E-state index contributed by atoms with van der Waals surface area (Å²) in [6.45, 7) is 6.60. The Bertz CT molecular complexity index is 861. The number of rotatable bonds is 8. The molecule has 0 saturated heterocycles. The molecule has 0 fully saturated rings. The van der Waals surface area contributed by atoms with Gasteiger partial charge in [0, 0.05) is 23.6 Å². The summed E-state index contributed by atoms with van der Waals surface area (Å²) in [6, 6.07) is 16.3. The molecule has 0 aliphatic carbocycles. The van der Waals surface area contributed by atoms with Crippen molar-refractivity contribution in [3.05, 3.63) is 54.1 Å². The van der Waals surface area contributed by atoms with E-state index >= 15 is 0 Å². The number of ether oxygens (including phenoxy) is 1. The number of aliphatic hydroxyl groups is 1. The van der Waals surface area contributed by atoms with Crippen LogP contribution in [0, 0.1) is 0 Å². The molecule has 0 aliphatic heterocycles. The summed E-state index contributed by atoms with van der Waals surface area (Å²) in [5, 5.41) is 10.2. The van der Waals surface area contributed by atoms with E-state index in [4.69, 9.17) is 14.3 Å². The minimum Gasteiger partial charge on any atom is -0.488 e. The lowest BCUT2D eigenvalue weighted by Crippen LogP contribution is -2.27. The van der Waals surface area contributed by atoms with Gasteiger partial charge in [-0.15, -0.1) is 0 Å². The Labute approximate surface area is 155 Å². The lowest BCUT2D eigenvalue weighted by Gasteiger charge is -2.25. The summed E-state index contributed by atoms with van der Waals surface area (Å²) in [6.07, 6.45) is 3.68. The number of benzene rings is 2. The molecule has 3 nitrogen and oxygen atoms in total. The fraction of sp³-hybridized carbons (Fsp3) is 0.391. The molecule has 0 radical (unpaired) electrons. The van der Waals surface area contributed by atoms with Crippen LogP contribution in [0.1, 0.15) is 45.6 Å². The molecule has 26 heavy (non-hydrogen) atoms. The van der Waals surface area contributed by atoms with Crippen molar-refractivity contribution in [2.75, 3.05) is 6.61 Å². The lowest BCUT2D eigenvalue weighted by molar-refractivity contribution is 0.0987. The van der Waals surface area contributed by atoms with Gasteiger partial charge in [0.25, 0.3) is 0 Å². The first-order valence-corrected chi connectivity index (χ1v) is 9.44. The molecule has 1 N–H and O–H groups in total. The quantitative estimate of drug-likeness (QED) is 0.542. The van der Waals surface area contributed by atoms with E-state index in [-0.39, 0.29) is 12.2 Å². The number of aliphatic hydroxyl groups excluding tert-OH is 1. The van der Waals surface area contributed by atoms with Gasteiger partial charge in [-0.05, 0) is 56.9 Å². The summed E-state index contributed by atoms with van der Waals surface area (Å²) >= 11 is 0. The van der Waals surface area contributed by atoms with E-state index in [1.54, 1.807) is 0 Å². The second-order valence-electron chi connectivity index (χ2n) is 7.41. The topological polar surface area (TPSA) is 42.6 Å². The van der Waals surface area contributed by atoms with Crippen molar-refractivity contribution in [3.8, 4) is 17.1 Å². The van der Waals surface area contributed by atoms with Gasteiger partial charge in [-0.2, -0.15) is 0 Å². The number of hydrogen-bond acceptors (Lipinski definition) is 3. The maximum absolute atomic E-state index is 9.13. The smallest absolute Gasteiger partial charge is 0.138 e. The van der Waals surface area contributed by atoms with Crippen LogP contribution in [0.15, 0.2) is 52.9 Å². The first-order valence-electron chi connectivity index (χ1n) is 9.44. The van der Waals surface area contributed by atoms with Gasteiger partial charge in [0.2, 0.25) is 0 Å². The molecule has 2 aromatic carbocycles. The third-order valence-corrected chi connectivity index (χ3v) is 4.62. The second-order valence-corrected chi connectivity index (χ2v) is 7.41.